The average molecular weight is 816 g/mol. The molecule has 2 aliphatic carbocycles. The molecule has 1 spiro atoms. The largest absolute Gasteiger partial charge is 0.457 e. The summed E-state index contributed by atoms with van der Waals surface area (Å²) < 4.78 is 6.71. The van der Waals surface area contributed by atoms with Crippen LogP contribution in [0.2, 0.25) is 0 Å². The first-order chi connectivity index (χ1) is 31.8. The predicted octanol–water partition coefficient (Wildman–Crippen LogP) is 15.7. The fourth-order valence-electron chi connectivity index (χ4n) is 11.5. The Morgan fingerprint density at radius 3 is 1.41 bits per heavy atom. The zero-order valence-corrected chi connectivity index (χ0v) is 35.0. The van der Waals surface area contributed by atoms with Crippen molar-refractivity contribution in [1.29, 1.82) is 0 Å². The predicted molar refractivity (Wildman–Crippen MR) is 261 cm³/mol. The van der Waals surface area contributed by atoms with Gasteiger partial charge < -0.3 is 9.64 Å². The van der Waals surface area contributed by atoms with Crippen LogP contribution in [0.5, 0.6) is 11.5 Å². The summed E-state index contributed by atoms with van der Waals surface area (Å²) >= 11 is 0. The van der Waals surface area contributed by atoms with E-state index in [9.17, 15) is 0 Å². The summed E-state index contributed by atoms with van der Waals surface area (Å²) in [6.45, 7) is 0. The summed E-state index contributed by atoms with van der Waals surface area (Å²) in [7, 11) is 0. The van der Waals surface area contributed by atoms with E-state index in [1.54, 1.807) is 0 Å². The number of hydrogen-bond donors (Lipinski definition) is 0. The smallest absolute Gasteiger partial charge is 0.132 e. The molecular weight excluding hydrogens is 775 g/mol. The molecule has 10 aromatic carbocycles. The summed E-state index contributed by atoms with van der Waals surface area (Å²) in [4.78, 5) is 2.50. The topological polar surface area (TPSA) is 12.5 Å². The van der Waals surface area contributed by atoms with Crippen molar-refractivity contribution in [1.82, 2.24) is 0 Å². The lowest BCUT2D eigenvalue weighted by Gasteiger charge is -2.39. The lowest BCUT2D eigenvalue weighted by atomic mass is 9.66. The van der Waals surface area contributed by atoms with Crippen molar-refractivity contribution < 1.29 is 4.74 Å². The summed E-state index contributed by atoms with van der Waals surface area (Å²) in [6.07, 6.45) is 0. The minimum atomic E-state index is -0.592. The fraction of sp³-hybridized carbons (Fsp3) is 0.0323. The van der Waals surface area contributed by atoms with Gasteiger partial charge in [-0.2, -0.15) is 0 Å². The zero-order valence-electron chi connectivity index (χ0n) is 35.0. The van der Waals surface area contributed by atoms with E-state index >= 15 is 0 Å². The highest BCUT2D eigenvalue weighted by Gasteiger charge is 2.52. The van der Waals surface area contributed by atoms with Crippen molar-refractivity contribution in [2.75, 3.05) is 4.90 Å². The van der Waals surface area contributed by atoms with Crippen LogP contribution in [0.4, 0.5) is 17.1 Å². The van der Waals surface area contributed by atoms with E-state index in [1.165, 1.54) is 66.8 Å². The Morgan fingerprint density at radius 2 is 0.766 bits per heavy atom. The molecule has 0 atom stereocenters. The van der Waals surface area contributed by atoms with Gasteiger partial charge in [-0.25, -0.2) is 0 Å². The van der Waals surface area contributed by atoms with E-state index in [-0.39, 0.29) is 0 Å². The van der Waals surface area contributed by atoms with Crippen LogP contribution >= 0.6 is 0 Å². The third kappa shape index (κ3) is 5.02. The highest BCUT2D eigenvalue weighted by Crippen LogP contribution is 2.64. The SMILES string of the molecule is c1ccc(-c2ccc(N(c3ccc4c(c3)C(c3ccccc3)(c3ccccc3)c3ccccc3-4)c3cccc4c3-c3ccccc3C43c4ccccc4Oc4ccccc43)cc2)cc1. The Bertz CT molecular complexity index is 3320. The number of anilines is 3. The maximum absolute atomic E-state index is 6.71. The van der Waals surface area contributed by atoms with Crippen LogP contribution in [-0.2, 0) is 10.8 Å². The van der Waals surface area contributed by atoms with Gasteiger partial charge in [-0.3, -0.25) is 0 Å². The summed E-state index contributed by atoms with van der Waals surface area (Å²) in [5, 5.41) is 0. The fourth-order valence-corrected chi connectivity index (χ4v) is 11.5. The molecule has 0 N–H and O–H groups in total. The third-order valence-corrected chi connectivity index (χ3v) is 14.0. The second kappa shape index (κ2) is 14.2. The normalized spacial score (nSPS) is 14.0. The van der Waals surface area contributed by atoms with Crippen LogP contribution in [0.25, 0.3) is 33.4 Å². The molecule has 2 heteroatoms. The van der Waals surface area contributed by atoms with Gasteiger partial charge in [0.1, 0.15) is 11.5 Å². The summed E-state index contributed by atoms with van der Waals surface area (Å²) in [6, 6.07) is 91.3. The van der Waals surface area contributed by atoms with E-state index in [2.05, 4.69) is 254 Å². The zero-order chi connectivity index (χ0) is 42.2. The molecule has 10 aromatic rings. The first kappa shape index (κ1) is 36.5. The van der Waals surface area contributed by atoms with Crippen LogP contribution in [0.1, 0.15) is 44.5 Å². The minimum Gasteiger partial charge on any atom is -0.457 e. The monoisotopic (exact) mass is 815 g/mol. The molecule has 300 valence electrons. The number of fused-ring (bicyclic) bond motifs is 12. The highest BCUT2D eigenvalue weighted by atomic mass is 16.5. The first-order valence-electron chi connectivity index (χ1n) is 22.2. The Balaban J connectivity index is 1.11. The number of ether oxygens (including phenoxy) is 1. The van der Waals surface area contributed by atoms with Gasteiger partial charge in [0.05, 0.1) is 16.5 Å². The van der Waals surface area contributed by atoms with Crippen molar-refractivity contribution in [3.63, 3.8) is 0 Å². The molecule has 0 aromatic heterocycles. The molecule has 0 fully saturated rings. The van der Waals surface area contributed by atoms with Gasteiger partial charge in [0, 0.05) is 28.1 Å². The van der Waals surface area contributed by atoms with Crippen molar-refractivity contribution in [3.05, 3.63) is 293 Å². The summed E-state index contributed by atoms with van der Waals surface area (Å²) in [5.74, 6) is 1.78. The maximum Gasteiger partial charge on any atom is 0.132 e. The average Bonchev–Trinajstić information content (AvgIpc) is 3.84. The van der Waals surface area contributed by atoms with Gasteiger partial charge in [0.25, 0.3) is 0 Å². The van der Waals surface area contributed by atoms with Crippen LogP contribution in [0, 0.1) is 0 Å². The molecule has 1 heterocycles. The second-order valence-corrected chi connectivity index (χ2v) is 17.1. The van der Waals surface area contributed by atoms with Crippen molar-refractivity contribution in [2.24, 2.45) is 0 Å². The van der Waals surface area contributed by atoms with Crippen molar-refractivity contribution >= 4 is 17.1 Å². The van der Waals surface area contributed by atoms with Crippen LogP contribution in [0.3, 0.4) is 0 Å². The molecule has 0 amide bonds. The molecule has 3 aliphatic rings. The van der Waals surface area contributed by atoms with Crippen molar-refractivity contribution in [3.8, 4) is 44.9 Å². The van der Waals surface area contributed by atoms with Crippen molar-refractivity contribution in [2.45, 2.75) is 10.8 Å². The molecule has 0 saturated carbocycles. The lowest BCUT2D eigenvalue weighted by Crippen LogP contribution is -2.32. The van der Waals surface area contributed by atoms with E-state index in [0.717, 1.165) is 39.7 Å². The number of rotatable bonds is 6. The lowest BCUT2D eigenvalue weighted by molar-refractivity contribution is 0.436. The van der Waals surface area contributed by atoms with Gasteiger partial charge in [-0.1, -0.05) is 206 Å². The molecule has 0 radical (unpaired) electrons. The van der Waals surface area contributed by atoms with Crippen LogP contribution in [0.15, 0.2) is 249 Å². The Morgan fingerprint density at radius 1 is 0.297 bits per heavy atom. The Labute approximate surface area is 374 Å². The molecule has 2 nitrogen and oxygen atoms in total. The number of benzene rings is 10. The molecule has 1 aliphatic heterocycles. The molecule has 13 rings (SSSR count). The number of nitrogens with zero attached hydrogens (tertiary/aromatic N) is 1. The van der Waals surface area contributed by atoms with Gasteiger partial charge >= 0.3 is 0 Å². The minimum absolute atomic E-state index is 0.544. The quantitative estimate of drug-likeness (QED) is 0.166. The second-order valence-electron chi connectivity index (χ2n) is 17.1. The maximum atomic E-state index is 6.71. The van der Waals surface area contributed by atoms with Gasteiger partial charge in [-0.05, 0) is 104 Å². The van der Waals surface area contributed by atoms with E-state index < -0.39 is 10.8 Å². The number of hydrogen-bond acceptors (Lipinski definition) is 2. The standard InChI is InChI=1S/C62H41NO/c1-4-19-42(20-5-1)43-35-37-46(38-36-43)63(47-39-40-49-48-25-10-12-27-51(48)61(56(49)41-47,44-21-6-2-7-22-44)45-23-8-3-9-24-45)57-32-18-31-55-60(57)50-26-11-13-28-52(50)62(55)53-29-14-16-33-58(53)64-59-34-17-15-30-54(59)62/h1-41H. The van der Waals surface area contributed by atoms with E-state index in [1.807, 2.05) is 0 Å². The molecule has 0 bridgehead atoms. The van der Waals surface area contributed by atoms with Crippen LogP contribution in [-0.4, -0.2) is 0 Å². The first-order valence-corrected chi connectivity index (χ1v) is 22.2. The van der Waals surface area contributed by atoms with E-state index in [0.29, 0.717) is 0 Å². The van der Waals surface area contributed by atoms with Gasteiger partial charge in [0.2, 0.25) is 0 Å². The Hall–Kier alpha value is -8.20. The van der Waals surface area contributed by atoms with Gasteiger partial charge in [0.15, 0.2) is 0 Å². The van der Waals surface area contributed by atoms with Crippen LogP contribution < -0.4 is 9.64 Å². The highest BCUT2D eigenvalue weighted by molar-refractivity contribution is 5.99. The molecule has 64 heavy (non-hydrogen) atoms. The number of para-hydroxylation sites is 2. The Kier molecular flexibility index (Phi) is 8.07. The summed E-state index contributed by atoms with van der Waals surface area (Å²) in [5.41, 5.74) is 19.4. The molecular formula is C62H41NO. The molecule has 0 saturated heterocycles. The van der Waals surface area contributed by atoms with E-state index in [4.69, 9.17) is 4.74 Å². The van der Waals surface area contributed by atoms with Gasteiger partial charge in [-0.15, -0.1) is 0 Å². The molecule has 0 unspecified atom stereocenters. The third-order valence-electron chi connectivity index (χ3n) is 14.0.